The van der Waals surface area contributed by atoms with E-state index in [1.54, 1.807) is 10.6 Å². The van der Waals surface area contributed by atoms with E-state index in [0.29, 0.717) is 16.2 Å². The second-order valence-electron chi connectivity index (χ2n) is 4.46. The van der Waals surface area contributed by atoms with Crippen molar-refractivity contribution >= 4 is 18.1 Å². The fourth-order valence-electron chi connectivity index (χ4n) is 1.91. The Hall–Kier alpha value is -1.95. The summed E-state index contributed by atoms with van der Waals surface area (Å²) in [5.74, 6) is 0.589. The highest BCUT2D eigenvalue weighted by Crippen LogP contribution is 2.12. The Morgan fingerprint density at radius 3 is 2.74 bits per heavy atom. The second kappa shape index (κ2) is 5.36. The molecular formula is C13H16N4OS. The van der Waals surface area contributed by atoms with Gasteiger partial charge in [-0.25, -0.2) is 0 Å². The van der Waals surface area contributed by atoms with E-state index in [9.17, 15) is 4.79 Å². The van der Waals surface area contributed by atoms with Crippen LogP contribution in [-0.2, 0) is 7.05 Å². The minimum Gasteiger partial charge on any atom is -0.342 e. The van der Waals surface area contributed by atoms with Crippen LogP contribution in [0.2, 0.25) is 0 Å². The predicted molar refractivity (Wildman–Crippen MR) is 75.5 cm³/mol. The van der Waals surface area contributed by atoms with E-state index in [2.05, 4.69) is 15.5 Å². The number of nitrogens with one attached hydrogen (secondary N) is 2. The normalized spacial score (nSPS) is 12.2. The standard InChI is InChI=1S/C13H16N4OS/c1-8-6-4-5-7-10(8)12(18)14-9(2)11-15-16-13(19)17(11)3/h4-7,9H,1-3H3,(H,14,18)(H,16,19). The smallest absolute Gasteiger partial charge is 0.252 e. The third-order valence-electron chi connectivity index (χ3n) is 3.04. The van der Waals surface area contributed by atoms with Gasteiger partial charge in [-0.3, -0.25) is 9.89 Å². The van der Waals surface area contributed by atoms with Crippen LogP contribution in [0.4, 0.5) is 0 Å². The largest absolute Gasteiger partial charge is 0.342 e. The number of carbonyl (C=O) groups excluding carboxylic acids is 1. The molecule has 0 aliphatic carbocycles. The third-order valence-corrected chi connectivity index (χ3v) is 3.40. The maximum atomic E-state index is 12.2. The van der Waals surface area contributed by atoms with Crippen LogP contribution in [0, 0.1) is 11.7 Å². The number of benzene rings is 1. The van der Waals surface area contributed by atoms with Crippen molar-refractivity contribution in [3.8, 4) is 0 Å². The summed E-state index contributed by atoms with van der Waals surface area (Å²) >= 11 is 5.05. The molecule has 1 aromatic heterocycles. The molecule has 6 heteroatoms. The first-order valence-corrected chi connectivity index (χ1v) is 6.39. The van der Waals surface area contributed by atoms with Crippen molar-refractivity contribution in [1.82, 2.24) is 20.1 Å². The van der Waals surface area contributed by atoms with Gasteiger partial charge in [0.1, 0.15) is 0 Å². The van der Waals surface area contributed by atoms with Gasteiger partial charge in [-0.05, 0) is 37.7 Å². The maximum absolute atomic E-state index is 12.2. The number of H-pyrrole nitrogens is 1. The number of hydrogen-bond donors (Lipinski definition) is 2. The van der Waals surface area contributed by atoms with Crippen LogP contribution in [0.25, 0.3) is 0 Å². The molecule has 1 aromatic carbocycles. The summed E-state index contributed by atoms with van der Waals surface area (Å²) in [6, 6.07) is 7.26. The number of rotatable bonds is 3. The fourth-order valence-corrected chi connectivity index (χ4v) is 2.05. The second-order valence-corrected chi connectivity index (χ2v) is 4.84. The number of carbonyl (C=O) groups is 1. The van der Waals surface area contributed by atoms with Crippen molar-refractivity contribution in [2.24, 2.45) is 7.05 Å². The minimum atomic E-state index is -0.218. The van der Waals surface area contributed by atoms with Crippen LogP contribution in [0.15, 0.2) is 24.3 Å². The lowest BCUT2D eigenvalue weighted by Crippen LogP contribution is -2.29. The lowest BCUT2D eigenvalue weighted by molar-refractivity contribution is 0.0937. The quantitative estimate of drug-likeness (QED) is 0.845. The average Bonchev–Trinajstić information content (AvgIpc) is 2.70. The van der Waals surface area contributed by atoms with E-state index < -0.39 is 0 Å². The molecule has 0 aliphatic rings. The highest BCUT2D eigenvalue weighted by molar-refractivity contribution is 7.71. The van der Waals surface area contributed by atoms with Gasteiger partial charge in [-0.2, -0.15) is 5.10 Å². The molecule has 100 valence electrons. The molecule has 19 heavy (non-hydrogen) atoms. The van der Waals surface area contributed by atoms with Crippen molar-refractivity contribution in [2.75, 3.05) is 0 Å². The number of aromatic amines is 1. The lowest BCUT2D eigenvalue weighted by Gasteiger charge is -2.14. The molecular weight excluding hydrogens is 260 g/mol. The molecule has 0 spiro atoms. The van der Waals surface area contributed by atoms with Crippen molar-refractivity contribution in [3.05, 3.63) is 46.0 Å². The number of amides is 1. The predicted octanol–water partition coefficient (Wildman–Crippen LogP) is 2.28. The van der Waals surface area contributed by atoms with E-state index in [4.69, 9.17) is 12.2 Å². The van der Waals surface area contributed by atoms with E-state index in [1.807, 2.05) is 39.1 Å². The molecule has 2 aromatic rings. The Kier molecular flexibility index (Phi) is 3.80. The first-order valence-electron chi connectivity index (χ1n) is 5.98. The van der Waals surface area contributed by atoms with Crippen molar-refractivity contribution in [1.29, 1.82) is 0 Å². The van der Waals surface area contributed by atoms with Gasteiger partial charge in [0.05, 0.1) is 6.04 Å². The summed E-state index contributed by atoms with van der Waals surface area (Å²) in [6.45, 7) is 3.79. The van der Waals surface area contributed by atoms with Crippen LogP contribution in [0.3, 0.4) is 0 Å². The molecule has 5 nitrogen and oxygen atoms in total. The van der Waals surface area contributed by atoms with Gasteiger partial charge in [-0.15, -0.1) is 0 Å². The van der Waals surface area contributed by atoms with Gasteiger partial charge in [0, 0.05) is 12.6 Å². The van der Waals surface area contributed by atoms with Crippen LogP contribution < -0.4 is 5.32 Å². The van der Waals surface area contributed by atoms with E-state index >= 15 is 0 Å². The molecule has 0 fully saturated rings. The van der Waals surface area contributed by atoms with Gasteiger partial charge in [0.2, 0.25) is 0 Å². The molecule has 1 heterocycles. The first-order chi connectivity index (χ1) is 9.00. The van der Waals surface area contributed by atoms with Crippen LogP contribution in [0.1, 0.15) is 34.7 Å². The van der Waals surface area contributed by atoms with Crippen molar-refractivity contribution in [3.63, 3.8) is 0 Å². The van der Waals surface area contributed by atoms with Crippen molar-refractivity contribution < 1.29 is 4.79 Å². The summed E-state index contributed by atoms with van der Waals surface area (Å²) in [5, 5.41) is 9.74. The Labute approximate surface area is 116 Å². The molecule has 0 radical (unpaired) electrons. The summed E-state index contributed by atoms with van der Waals surface area (Å²) < 4.78 is 2.28. The Balaban J connectivity index is 2.18. The molecule has 2 rings (SSSR count). The lowest BCUT2D eigenvalue weighted by atomic mass is 10.1. The number of aromatic nitrogens is 3. The Morgan fingerprint density at radius 1 is 1.47 bits per heavy atom. The Morgan fingerprint density at radius 2 is 2.16 bits per heavy atom. The van der Waals surface area contributed by atoms with E-state index in [0.717, 1.165) is 5.56 Å². The van der Waals surface area contributed by atoms with Gasteiger partial charge < -0.3 is 9.88 Å². The highest BCUT2D eigenvalue weighted by Gasteiger charge is 2.16. The fraction of sp³-hybridized carbons (Fsp3) is 0.308. The monoisotopic (exact) mass is 276 g/mol. The number of aryl methyl sites for hydroxylation is 1. The zero-order valence-electron chi connectivity index (χ0n) is 11.1. The van der Waals surface area contributed by atoms with E-state index in [1.165, 1.54) is 0 Å². The molecule has 0 saturated carbocycles. The third kappa shape index (κ3) is 2.73. The summed E-state index contributed by atoms with van der Waals surface area (Å²) in [7, 11) is 1.82. The zero-order chi connectivity index (χ0) is 14.0. The molecule has 0 saturated heterocycles. The molecule has 0 aliphatic heterocycles. The summed E-state index contributed by atoms with van der Waals surface area (Å²) in [5.41, 5.74) is 1.62. The van der Waals surface area contributed by atoms with Gasteiger partial charge >= 0.3 is 0 Å². The average molecular weight is 276 g/mol. The van der Waals surface area contributed by atoms with Crippen LogP contribution >= 0.6 is 12.2 Å². The van der Waals surface area contributed by atoms with Crippen LogP contribution in [-0.4, -0.2) is 20.7 Å². The van der Waals surface area contributed by atoms with Gasteiger partial charge in [0.25, 0.3) is 5.91 Å². The number of nitrogens with zero attached hydrogens (tertiary/aromatic N) is 2. The molecule has 1 unspecified atom stereocenters. The van der Waals surface area contributed by atoms with Gasteiger partial charge in [-0.1, -0.05) is 18.2 Å². The van der Waals surface area contributed by atoms with E-state index in [-0.39, 0.29) is 11.9 Å². The van der Waals surface area contributed by atoms with Gasteiger partial charge in [0.15, 0.2) is 10.6 Å². The molecule has 2 N–H and O–H groups in total. The summed E-state index contributed by atoms with van der Waals surface area (Å²) in [6.07, 6.45) is 0. The SMILES string of the molecule is Cc1ccccc1C(=O)NC(C)c1n[nH]c(=S)n1C. The molecule has 1 atom stereocenters. The molecule has 1 amide bonds. The maximum Gasteiger partial charge on any atom is 0.252 e. The topological polar surface area (TPSA) is 62.7 Å². The van der Waals surface area contributed by atoms with Crippen LogP contribution in [0.5, 0.6) is 0 Å². The highest BCUT2D eigenvalue weighted by atomic mass is 32.1. The molecule has 0 bridgehead atoms. The zero-order valence-corrected chi connectivity index (χ0v) is 11.9. The van der Waals surface area contributed by atoms with Crippen molar-refractivity contribution in [2.45, 2.75) is 19.9 Å². The Bertz CT molecular complexity index is 659. The first kappa shape index (κ1) is 13.5. The summed E-state index contributed by atoms with van der Waals surface area (Å²) in [4.78, 5) is 12.2. The minimum absolute atomic E-state index is 0.112. The number of hydrogen-bond acceptors (Lipinski definition) is 3.